The molecule has 0 heterocycles. The summed E-state index contributed by atoms with van der Waals surface area (Å²) in [6, 6.07) is 14.1. The van der Waals surface area contributed by atoms with Crippen LogP contribution in [0.15, 0.2) is 53.4 Å². The van der Waals surface area contributed by atoms with Crippen molar-refractivity contribution in [3.05, 3.63) is 65.5 Å². The summed E-state index contributed by atoms with van der Waals surface area (Å²) in [5.41, 5.74) is 1.34. The summed E-state index contributed by atoms with van der Waals surface area (Å²) >= 11 is 1.29. The van der Waals surface area contributed by atoms with Crippen molar-refractivity contribution in [3.8, 4) is 0 Å². The molecule has 0 amide bonds. The van der Waals surface area contributed by atoms with Gasteiger partial charge in [0.1, 0.15) is 5.82 Å². The Balaban J connectivity index is 2.22. The number of methoxy groups -OCH3 is 1. The SMILES string of the molecule is COC(=O)c1cccc(F)c1SCc1ccccc1. The first-order chi connectivity index (χ1) is 9.22. The molecule has 2 nitrogen and oxygen atoms in total. The Morgan fingerprint density at radius 2 is 1.89 bits per heavy atom. The zero-order valence-corrected chi connectivity index (χ0v) is 11.2. The van der Waals surface area contributed by atoms with Gasteiger partial charge >= 0.3 is 5.97 Å². The van der Waals surface area contributed by atoms with E-state index >= 15 is 0 Å². The van der Waals surface area contributed by atoms with E-state index in [-0.39, 0.29) is 5.56 Å². The molecule has 2 aromatic rings. The molecule has 98 valence electrons. The summed E-state index contributed by atoms with van der Waals surface area (Å²) in [4.78, 5) is 11.9. The molecule has 0 saturated heterocycles. The van der Waals surface area contributed by atoms with Crippen LogP contribution in [0.5, 0.6) is 0 Å². The molecule has 0 N–H and O–H groups in total. The minimum Gasteiger partial charge on any atom is -0.465 e. The molecular formula is C15H13FO2S. The second-order valence-corrected chi connectivity index (χ2v) is 4.87. The summed E-state index contributed by atoms with van der Waals surface area (Å²) < 4.78 is 18.5. The number of hydrogen-bond donors (Lipinski definition) is 0. The predicted octanol–water partition coefficient (Wildman–Crippen LogP) is 3.90. The van der Waals surface area contributed by atoms with Gasteiger partial charge in [0.05, 0.1) is 17.6 Å². The second-order valence-electron chi connectivity index (χ2n) is 3.88. The normalized spacial score (nSPS) is 10.2. The maximum Gasteiger partial charge on any atom is 0.339 e. The third kappa shape index (κ3) is 3.35. The number of carbonyl (C=O) groups is 1. The van der Waals surface area contributed by atoms with Crippen LogP contribution in [0.3, 0.4) is 0 Å². The van der Waals surface area contributed by atoms with E-state index in [2.05, 4.69) is 4.74 Å². The molecule has 0 aliphatic carbocycles. The van der Waals surface area contributed by atoms with E-state index in [1.165, 1.54) is 31.0 Å². The maximum atomic E-state index is 13.8. The number of carbonyl (C=O) groups excluding carboxylic acids is 1. The summed E-state index contributed by atoms with van der Waals surface area (Å²) in [7, 11) is 1.29. The van der Waals surface area contributed by atoms with Gasteiger partial charge in [-0.1, -0.05) is 36.4 Å². The highest BCUT2D eigenvalue weighted by molar-refractivity contribution is 7.98. The van der Waals surface area contributed by atoms with Crippen molar-refractivity contribution in [2.24, 2.45) is 0 Å². The minimum absolute atomic E-state index is 0.267. The third-order valence-corrected chi connectivity index (χ3v) is 3.78. The van der Waals surface area contributed by atoms with E-state index in [0.29, 0.717) is 10.6 Å². The molecule has 19 heavy (non-hydrogen) atoms. The van der Waals surface area contributed by atoms with Gasteiger partial charge in [-0.3, -0.25) is 0 Å². The van der Waals surface area contributed by atoms with Gasteiger partial charge < -0.3 is 4.74 Å². The lowest BCUT2D eigenvalue weighted by Gasteiger charge is -2.08. The van der Waals surface area contributed by atoms with Gasteiger partial charge in [-0.2, -0.15) is 0 Å². The molecule has 0 radical (unpaired) electrons. The molecule has 0 bridgehead atoms. The van der Waals surface area contributed by atoms with Crippen molar-refractivity contribution in [2.75, 3.05) is 7.11 Å². The van der Waals surface area contributed by atoms with Crippen LogP contribution in [0.1, 0.15) is 15.9 Å². The van der Waals surface area contributed by atoms with E-state index in [1.54, 1.807) is 6.07 Å². The summed E-state index contributed by atoms with van der Waals surface area (Å²) in [6.07, 6.45) is 0. The predicted molar refractivity (Wildman–Crippen MR) is 73.7 cm³/mol. The molecule has 0 fully saturated rings. The number of esters is 1. The van der Waals surface area contributed by atoms with E-state index in [0.717, 1.165) is 5.56 Å². The minimum atomic E-state index is -0.518. The van der Waals surface area contributed by atoms with E-state index in [1.807, 2.05) is 30.3 Å². The highest BCUT2D eigenvalue weighted by atomic mass is 32.2. The van der Waals surface area contributed by atoms with Crippen molar-refractivity contribution >= 4 is 17.7 Å². The van der Waals surface area contributed by atoms with E-state index in [9.17, 15) is 9.18 Å². The van der Waals surface area contributed by atoms with E-state index < -0.39 is 11.8 Å². The molecule has 2 aromatic carbocycles. The molecule has 0 spiro atoms. The standard InChI is InChI=1S/C15H13FO2S/c1-18-15(17)12-8-5-9-13(16)14(12)19-10-11-6-3-2-4-7-11/h2-9H,10H2,1H3. The molecule has 4 heteroatoms. The largest absolute Gasteiger partial charge is 0.465 e. The molecule has 0 unspecified atom stereocenters. The Kier molecular flexibility index (Phi) is 4.58. The van der Waals surface area contributed by atoms with Gasteiger partial charge in [0.25, 0.3) is 0 Å². The topological polar surface area (TPSA) is 26.3 Å². The van der Waals surface area contributed by atoms with Gasteiger partial charge in [0.2, 0.25) is 0 Å². The number of halogens is 1. The number of rotatable bonds is 4. The molecule has 0 aliphatic heterocycles. The average molecular weight is 276 g/mol. The Morgan fingerprint density at radius 1 is 1.16 bits per heavy atom. The Morgan fingerprint density at radius 3 is 2.58 bits per heavy atom. The lowest BCUT2D eigenvalue weighted by Crippen LogP contribution is -2.04. The summed E-state index contributed by atoms with van der Waals surface area (Å²) in [6.45, 7) is 0. The fourth-order valence-corrected chi connectivity index (χ4v) is 2.67. The lowest BCUT2D eigenvalue weighted by atomic mass is 10.2. The Labute approximate surface area is 115 Å². The number of ether oxygens (including phenoxy) is 1. The molecular weight excluding hydrogens is 263 g/mol. The van der Waals surface area contributed by atoms with Crippen molar-refractivity contribution in [1.82, 2.24) is 0 Å². The quantitative estimate of drug-likeness (QED) is 0.625. The van der Waals surface area contributed by atoms with Gasteiger partial charge in [-0.25, -0.2) is 9.18 Å². The van der Waals surface area contributed by atoms with Gasteiger partial charge in [-0.15, -0.1) is 11.8 Å². The van der Waals surface area contributed by atoms with Gasteiger partial charge in [0, 0.05) is 5.75 Å². The fourth-order valence-electron chi connectivity index (χ4n) is 1.66. The third-order valence-electron chi connectivity index (χ3n) is 2.60. The molecule has 0 atom stereocenters. The number of benzene rings is 2. The molecule has 0 aromatic heterocycles. The van der Waals surface area contributed by atoms with Crippen LogP contribution in [0.25, 0.3) is 0 Å². The average Bonchev–Trinajstić information content (AvgIpc) is 2.46. The highest BCUT2D eigenvalue weighted by Gasteiger charge is 2.15. The maximum absolute atomic E-state index is 13.8. The Hall–Kier alpha value is -1.81. The fraction of sp³-hybridized carbons (Fsp3) is 0.133. The second kappa shape index (κ2) is 6.38. The number of hydrogen-bond acceptors (Lipinski definition) is 3. The van der Waals surface area contributed by atoms with Crippen LogP contribution in [-0.4, -0.2) is 13.1 Å². The molecule has 0 aliphatic rings. The van der Waals surface area contributed by atoms with E-state index in [4.69, 9.17) is 0 Å². The zero-order chi connectivity index (χ0) is 13.7. The summed E-state index contributed by atoms with van der Waals surface area (Å²) in [5, 5.41) is 0. The molecule has 0 saturated carbocycles. The van der Waals surface area contributed by atoms with Crippen molar-refractivity contribution in [1.29, 1.82) is 0 Å². The van der Waals surface area contributed by atoms with Gasteiger partial charge in [0.15, 0.2) is 0 Å². The highest BCUT2D eigenvalue weighted by Crippen LogP contribution is 2.29. The smallest absolute Gasteiger partial charge is 0.339 e. The van der Waals surface area contributed by atoms with Crippen LogP contribution in [0, 0.1) is 5.82 Å². The van der Waals surface area contributed by atoms with Crippen molar-refractivity contribution in [2.45, 2.75) is 10.6 Å². The summed E-state index contributed by atoms with van der Waals surface area (Å²) in [5.74, 6) is -0.315. The first-order valence-corrected chi connectivity index (χ1v) is 6.74. The van der Waals surface area contributed by atoms with Crippen LogP contribution < -0.4 is 0 Å². The lowest BCUT2D eigenvalue weighted by molar-refractivity contribution is 0.0596. The Bertz CT molecular complexity index is 570. The van der Waals surface area contributed by atoms with Crippen molar-refractivity contribution < 1.29 is 13.9 Å². The van der Waals surface area contributed by atoms with Crippen molar-refractivity contribution in [3.63, 3.8) is 0 Å². The zero-order valence-electron chi connectivity index (χ0n) is 10.4. The first kappa shape index (κ1) is 13.6. The molecule has 2 rings (SSSR count). The van der Waals surface area contributed by atoms with Gasteiger partial charge in [-0.05, 0) is 17.7 Å². The monoisotopic (exact) mass is 276 g/mol. The first-order valence-electron chi connectivity index (χ1n) is 5.76. The van der Waals surface area contributed by atoms with Crippen LogP contribution in [0.4, 0.5) is 4.39 Å². The van der Waals surface area contributed by atoms with Crippen LogP contribution in [0.2, 0.25) is 0 Å². The van der Waals surface area contributed by atoms with Crippen LogP contribution >= 0.6 is 11.8 Å². The van der Waals surface area contributed by atoms with Crippen LogP contribution in [-0.2, 0) is 10.5 Å². The number of thioether (sulfide) groups is 1.